The highest BCUT2D eigenvalue weighted by molar-refractivity contribution is 5.91. The molecule has 7 heteroatoms. The van der Waals surface area contributed by atoms with Crippen LogP contribution in [-0.2, 0) is 20.8 Å². The van der Waals surface area contributed by atoms with Gasteiger partial charge in [0.15, 0.2) is 0 Å². The van der Waals surface area contributed by atoms with E-state index >= 15 is 0 Å². The van der Waals surface area contributed by atoms with Crippen LogP contribution in [0, 0.1) is 5.82 Å². The number of amides is 3. The number of nitrogens with one attached hydrogen (secondary N) is 2. The number of benzene rings is 1. The minimum atomic E-state index is -0.528. The molecule has 1 aromatic carbocycles. The SMILES string of the molecule is CC(=O)N[C@H]1CCN(CC(=O)NCCc2ccc(F)cc2)C1=O. The molecular formula is C16H20FN3O3. The largest absolute Gasteiger partial charge is 0.354 e. The van der Waals surface area contributed by atoms with E-state index < -0.39 is 6.04 Å². The molecule has 0 spiro atoms. The maximum absolute atomic E-state index is 12.8. The summed E-state index contributed by atoms with van der Waals surface area (Å²) in [5.41, 5.74) is 0.926. The second-order valence-corrected chi connectivity index (χ2v) is 5.53. The Morgan fingerprint density at radius 2 is 2.00 bits per heavy atom. The van der Waals surface area contributed by atoms with Crippen molar-refractivity contribution in [1.82, 2.24) is 15.5 Å². The fraction of sp³-hybridized carbons (Fsp3) is 0.438. The van der Waals surface area contributed by atoms with Crippen molar-refractivity contribution in [3.63, 3.8) is 0 Å². The van der Waals surface area contributed by atoms with Gasteiger partial charge in [0.25, 0.3) is 0 Å². The van der Waals surface area contributed by atoms with E-state index in [1.54, 1.807) is 12.1 Å². The van der Waals surface area contributed by atoms with Crippen LogP contribution in [0.15, 0.2) is 24.3 Å². The molecule has 1 aliphatic heterocycles. The molecular weight excluding hydrogens is 301 g/mol. The lowest BCUT2D eigenvalue weighted by Crippen LogP contribution is -2.44. The minimum absolute atomic E-state index is 0.0155. The van der Waals surface area contributed by atoms with Gasteiger partial charge in [-0.25, -0.2) is 4.39 Å². The van der Waals surface area contributed by atoms with Crippen molar-refractivity contribution in [1.29, 1.82) is 0 Å². The molecule has 1 saturated heterocycles. The quantitative estimate of drug-likeness (QED) is 0.787. The van der Waals surface area contributed by atoms with Crippen LogP contribution in [0.5, 0.6) is 0 Å². The average Bonchev–Trinajstić information content (AvgIpc) is 2.82. The van der Waals surface area contributed by atoms with Crippen molar-refractivity contribution >= 4 is 17.7 Å². The molecule has 1 atom stereocenters. The van der Waals surface area contributed by atoms with E-state index in [1.165, 1.54) is 24.0 Å². The number of halogens is 1. The van der Waals surface area contributed by atoms with E-state index in [0.717, 1.165) is 5.56 Å². The van der Waals surface area contributed by atoms with Crippen molar-refractivity contribution < 1.29 is 18.8 Å². The fourth-order valence-corrected chi connectivity index (χ4v) is 2.50. The van der Waals surface area contributed by atoms with Gasteiger partial charge in [-0.05, 0) is 30.5 Å². The van der Waals surface area contributed by atoms with Gasteiger partial charge in [-0.2, -0.15) is 0 Å². The van der Waals surface area contributed by atoms with Gasteiger partial charge in [0.05, 0.1) is 6.54 Å². The van der Waals surface area contributed by atoms with Crippen molar-refractivity contribution in [3.8, 4) is 0 Å². The third kappa shape index (κ3) is 5.05. The van der Waals surface area contributed by atoms with Crippen molar-refractivity contribution in [3.05, 3.63) is 35.6 Å². The number of nitrogens with zero attached hydrogens (tertiary/aromatic N) is 1. The Morgan fingerprint density at radius 1 is 1.30 bits per heavy atom. The number of likely N-dealkylation sites (tertiary alicyclic amines) is 1. The maximum atomic E-state index is 12.8. The van der Waals surface area contributed by atoms with E-state index in [4.69, 9.17) is 0 Å². The first-order valence-electron chi connectivity index (χ1n) is 7.53. The standard InChI is InChI=1S/C16H20FN3O3/c1-11(21)19-14-7-9-20(16(14)23)10-15(22)18-8-6-12-2-4-13(17)5-3-12/h2-5,14H,6-10H2,1H3,(H,18,22)(H,19,21)/t14-/m0/s1. The second kappa shape index (κ2) is 7.71. The predicted octanol–water partition coefficient (Wildman–Crippen LogP) is 0.221. The lowest BCUT2D eigenvalue weighted by molar-refractivity contribution is -0.135. The highest BCUT2D eigenvalue weighted by Crippen LogP contribution is 2.10. The zero-order valence-corrected chi connectivity index (χ0v) is 13.0. The van der Waals surface area contributed by atoms with Gasteiger partial charge in [-0.3, -0.25) is 14.4 Å². The molecule has 0 aromatic heterocycles. The summed E-state index contributed by atoms with van der Waals surface area (Å²) in [4.78, 5) is 36.3. The van der Waals surface area contributed by atoms with E-state index in [9.17, 15) is 18.8 Å². The number of hydrogen-bond acceptors (Lipinski definition) is 3. The molecule has 0 aliphatic carbocycles. The third-order valence-corrected chi connectivity index (χ3v) is 3.66. The molecule has 23 heavy (non-hydrogen) atoms. The molecule has 124 valence electrons. The van der Waals surface area contributed by atoms with E-state index in [2.05, 4.69) is 10.6 Å². The number of hydrogen-bond donors (Lipinski definition) is 2. The van der Waals surface area contributed by atoms with Crippen LogP contribution >= 0.6 is 0 Å². The lowest BCUT2D eigenvalue weighted by atomic mass is 10.1. The van der Waals surface area contributed by atoms with Crippen molar-refractivity contribution in [2.45, 2.75) is 25.8 Å². The number of rotatable bonds is 6. The minimum Gasteiger partial charge on any atom is -0.354 e. The molecule has 6 nitrogen and oxygen atoms in total. The summed E-state index contributed by atoms with van der Waals surface area (Å²) in [5.74, 6) is -1.02. The summed E-state index contributed by atoms with van der Waals surface area (Å²) >= 11 is 0. The first-order chi connectivity index (χ1) is 11.0. The van der Waals surface area contributed by atoms with E-state index in [-0.39, 0.29) is 30.1 Å². The number of carbonyl (C=O) groups excluding carboxylic acids is 3. The summed E-state index contributed by atoms with van der Waals surface area (Å²) in [5, 5.41) is 5.31. The molecule has 3 amide bonds. The van der Waals surface area contributed by atoms with Gasteiger partial charge in [0.2, 0.25) is 17.7 Å². The Hall–Kier alpha value is -2.44. The molecule has 2 rings (SSSR count). The van der Waals surface area contributed by atoms with Gasteiger partial charge >= 0.3 is 0 Å². The molecule has 0 saturated carbocycles. The average molecular weight is 321 g/mol. The van der Waals surface area contributed by atoms with Crippen LogP contribution in [0.25, 0.3) is 0 Å². The van der Waals surface area contributed by atoms with Crippen LogP contribution in [-0.4, -0.2) is 48.3 Å². The Labute approximate surface area is 134 Å². The summed E-state index contributed by atoms with van der Waals surface area (Å²) in [6.45, 7) is 2.22. The van der Waals surface area contributed by atoms with Crippen LogP contribution < -0.4 is 10.6 Å². The monoisotopic (exact) mass is 321 g/mol. The Kier molecular flexibility index (Phi) is 5.67. The van der Waals surface area contributed by atoms with E-state index in [0.29, 0.717) is 25.9 Å². The van der Waals surface area contributed by atoms with E-state index in [1.807, 2.05) is 0 Å². The molecule has 1 aromatic rings. The highest BCUT2D eigenvalue weighted by atomic mass is 19.1. The third-order valence-electron chi connectivity index (χ3n) is 3.66. The van der Waals surface area contributed by atoms with Gasteiger partial charge in [-0.15, -0.1) is 0 Å². The predicted molar refractivity (Wildman–Crippen MR) is 81.9 cm³/mol. The smallest absolute Gasteiger partial charge is 0.245 e. The normalized spacial score (nSPS) is 17.2. The van der Waals surface area contributed by atoms with Gasteiger partial charge in [0.1, 0.15) is 11.9 Å². The zero-order chi connectivity index (χ0) is 16.8. The Bertz CT molecular complexity index is 589. The highest BCUT2D eigenvalue weighted by Gasteiger charge is 2.32. The Balaban J connectivity index is 1.71. The molecule has 1 aliphatic rings. The fourth-order valence-electron chi connectivity index (χ4n) is 2.50. The molecule has 0 radical (unpaired) electrons. The summed E-state index contributed by atoms with van der Waals surface area (Å²) in [6, 6.07) is 5.57. The summed E-state index contributed by atoms with van der Waals surface area (Å²) < 4.78 is 12.8. The van der Waals surface area contributed by atoms with Crippen molar-refractivity contribution in [2.24, 2.45) is 0 Å². The summed E-state index contributed by atoms with van der Waals surface area (Å²) in [6.07, 6.45) is 1.11. The van der Waals surface area contributed by atoms with Gasteiger partial charge in [0, 0.05) is 20.0 Å². The second-order valence-electron chi connectivity index (χ2n) is 5.53. The zero-order valence-electron chi connectivity index (χ0n) is 13.0. The number of carbonyl (C=O) groups is 3. The van der Waals surface area contributed by atoms with Gasteiger partial charge in [-0.1, -0.05) is 12.1 Å². The molecule has 0 bridgehead atoms. The molecule has 1 heterocycles. The molecule has 0 unspecified atom stereocenters. The first kappa shape index (κ1) is 16.9. The first-order valence-corrected chi connectivity index (χ1v) is 7.53. The molecule has 1 fully saturated rings. The Morgan fingerprint density at radius 3 is 2.65 bits per heavy atom. The van der Waals surface area contributed by atoms with Crippen LogP contribution in [0.4, 0.5) is 4.39 Å². The summed E-state index contributed by atoms with van der Waals surface area (Å²) in [7, 11) is 0. The molecule has 2 N–H and O–H groups in total. The van der Waals surface area contributed by atoms with Crippen LogP contribution in [0.1, 0.15) is 18.9 Å². The van der Waals surface area contributed by atoms with Gasteiger partial charge < -0.3 is 15.5 Å². The lowest BCUT2D eigenvalue weighted by Gasteiger charge is -2.16. The maximum Gasteiger partial charge on any atom is 0.245 e. The topological polar surface area (TPSA) is 78.5 Å². The van der Waals surface area contributed by atoms with Crippen molar-refractivity contribution in [2.75, 3.05) is 19.6 Å². The van der Waals surface area contributed by atoms with Crippen LogP contribution in [0.3, 0.4) is 0 Å². The van der Waals surface area contributed by atoms with Crippen LogP contribution in [0.2, 0.25) is 0 Å².